The lowest BCUT2D eigenvalue weighted by atomic mass is 9.85. The summed E-state index contributed by atoms with van der Waals surface area (Å²) in [6, 6.07) is 9.92. The Bertz CT molecular complexity index is 757. The summed E-state index contributed by atoms with van der Waals surface area (Å²) in [5.41, 5.74) is 1.09. The number of benzene rings is 1. The van der Waals surface area contributed by atoms with E-state index in [-0.39, 0.29) is 42.9 Å². The van der Waals surface area contributed by atoms with E-state index in [0.29, 0.717) is 26.1 Å². The molecule has 0 radical (unpaired) electrons. The molecule has 1 aromatic rings. The lowest BCUT2D eigenvalue weighted by molar-refractivity contribution is -0.301. The molecular weight excluding hydrogens is 392 g/mol. The van der Waals surface area contributed by atoms with E-state index in [4.69, 9.17) is 28.4 Å². The van der Waals surface area contributed by atoms with E-state index >= 15 is 0 Å². The monoisotopic (exact) mass is 420 g/mol. The molecule has 0 spiro atoms. The molecule has 30 heavy (non-hydrogen) atoms. The topological polar surface area (TPSA) is 92.7 Å². The maximum atomic E-state index is 11.6. The summed E-state index contributed by atoms with van der Waals surface area (Å²) in [6.07, 6.45) is -0.670. The molecule has 1 unspecified atom stereocenters. The quantitative estimate of drug-likeness (QED) is 0.522. The third kappa shape index (κ3) is 3.55. The number of methoxy groups -OCH3 is 1. The van der Waals surface area contributed by atoms with Gasteiger partial charge in [0.15, 0.2) is 5.79 Å². The first-order valence-corrected chi connectivity index (χ1v) is 10.6. The summed E-state index contributed by atoms with van der Waals surface area (Å²) < 4.78 is 35.3. The van der Waals surface area contributed by atoms with Crippen molar-refractivity contribution in [2.45, 2.75) is 80.8 Å². The predicted molar refractivity (Wildman–Crippen MR) is 102 cm³/mol. The van der Waals surface area contributed by atoms with Crippen molar-refractivity contribution in [3.05, 3.63) is 35.9 Å². The summed E-state index contributed by atoms with van der Waals surface area (Å²) in [6.45, 7) is 0.876. The first-order chi connectivity index (χ1) is 14.6. The van der Waals surface area contributed by atoms with Crippen LogP contribution in [0.3, 0.4) is 0 Å². The zero-order valence-corrected chi connectivity index (χ0v) is 17.0. The minimum absolute atomic E-state index is 0.172. The van der Waals surface area contributed by atoms with Crippen molar-refractivity contribution >= 4 is 5.97 Å². The Hall–Kier alpha value is -1.55. The van der Waals surface area contributed by atoms with Gasteiger partial charge < -0.3 is 33.5 Å². The number of aliphatic hydroxyl groups is 1. The Kier molecular flexibility index (Phi) is 5.55. The SMILES string of the molecule is COC(=O)C[C@H]1CC[C@@H]2O[C@H]3[C@@H](O)[C@@]4(CCOCc5ccccc5)OC([C@H]2O1)[C@@H]3O4. The van der Waals surface area contributed by atoms with Gasteiger partial charge in [-0.2, -0.15) is 0 Å². The number of rotatable bonds is 7. The van der Waals surface area contributed by atoms with Gasteiger partial charge in [0.2, 0.25) is 0 Å². The predicted octanol–water partition coefficient (Wildman–Crippen LogP) is 1.33. The smallest absolute Gasteiger partial charge is 0.308 e. The highest BCUT2D eigenvalue weighted by Crippen LogP contribution is 2.52. The van der Waals surface area contributed by atoms with Gasteiger partial charge in [-0.3, -0.25) is 4.79 Å². The molecule has 8 nitrogen and oxygen atoms in total. The largest absolute Gasteiger partial charge is 0.469 e. The van der Waals surface area contributed by atoms with E-state index < -0.39 is 18.0 Å². The van der Waals surface area contributed by atoms with Crippen molar-refractivity contribution in [2.24, 2.45) is 0 Å². The Morgan fingerprint density at radius 3 is 2.63 bits per heavy atom. The number of esters is 1. The second kappa shape index (κ2) is 8.18. The molecule has 4 saturated heterocycles. The van der Waals surface area contributed by atoms with Crippen LogP contribution in [0.25, 0.3) is 0 Å². The van der Waals surface area contributed by atoms with Gasteiger partial charge in [-0.25, -0.2) is 0 Å². The van der Waals surface area contributed by atoms with Crippen molar-refractivity contribution < 1.29 is 38.3 Å². The fourth-order valence-electron chi connectivity index (χ4n) is 5.04. The van der Waals surface area contributed by atoms with Gasteiger partial charge in [0.1, 0.15) is 30.5 Å². The van der Waals surface area contributed by atoms with Gasteiger partial charge >= 0.3 is 5.97 Å². The number of aliphatic hydroxyl groups excluding tert-OH is 1. The van der Waals surface area contributed by atoms with E-state index in [2.05, 4.69) is 0 Å². The van der Waals surface area contributed by atoms with E-state index in [0.717, 1.165) is 12.0 Å². The third-order valence-electron chi connectivity index (χ3n) is 6.55. The summed E-state index contributed by atoms with van der Waals surface area (Å²) in [7, 11) is 1.38. The average Bonchev–Trinajstić information content (AvgIpc) is 3.29. The molecule has 0 amide bonds. The standard InChI is InChI=1S/C22H28O8/c1-25-16(23)11-14-7-8-15-17(27-14)18-19-20(28-15)21(24)22(29-18,30-19)9-10-26-12-13-5-3-2-4-6-13/h2-6,14-15,17-21,24H,7-12H2,1H3/t14-,15+,17+,18?,19+,20-,21-,22+/m1/s1. The minimum Gasteiger partial charge on any atom is -0.469 e. The number of ether oxygens (including phenoxy) is 6. The first kappa shape index (κ1) is 20.4. The van der Waals surface area contributed by atoms with Gasteiger partial charge in [0.05, 0.1) is 39.0 Å². The van der Waals surface area contributed by atoms with Crippen LogP contribution in [0.5, 0.6) is 0 Å². The highest BCUT2D eigenvalue weighted by atomic mass is 16.8. The lowest BCUT2D eigenvalue weighted by Crippen LogP contribution is -2.65. The Balaban J connectivity index is 1.21. The summed E-state index contributed by atoms with van der Waals surface area (Å²) in [5, 5.41) is 10.9. The van der Waals surface area contributed by atoms with Crippen molar-refractivity contribution in [2.75, 3.05) is 13.7 Å². The summed E-state index contributed by atoms with van der Waals surface area (Å²) in [4.78, 5) is 11.6. The molecule has 1 aromatic carbocycles. The maximum Gasteiger partial charge on any atom is 0.308 e. The zero-order valence-electron chi connectivity index (χ0n) is 17.0. The second-order valence-corrected chi connectivity index (χ2v) is 8.43. The Morgan fingerprint density at radius 1 is 1.10 bits per heavy atom. The Labute approximate surface area is 175 Å². The van der Waals surface area contributed by atoms with Crippen LogP contribution >= 0.6 is 0 Å². The molecule has 2 bridgehead atoms. The van der Waals surface area contributed by atoms with E-state index in [1.54, 1.807) is 0 Å². The van der Waals surface area contributed by atoms with Crippen molar-refractivity contribution in [1.29, 1.82) is 0 Å². The van der Waals surface area contributed by atoms with E-state index in [1.807, 2.05) is 30.3 Å². The molecule has 0 aromatic heterocycles. The molecule has 0 aliphatic carbocycles. The molecule has 8 atom stereocenters. The van der Waals surface area contributed by atoms with Crippen LogP contribution in [0.4, 0.5) is 0 Å². The normalized spacial score (nSPS) is 41.5. The van der Waals surface area contributed by atoms with Crippen LogP contribution < -0.4 is 0 Å². The van der Waals surface area contributed by atoms with Crippen molar-refractivity contribution in [3.8, 4) is 0 Å². The van der Waals surface area contributed by atoms with Gasteiger partial charge in [-0.1, -0.05) is 30.3 Å². The number of fused-ring (bicyclic) bond motifs is 3. The summed E-state index contributed by atoms with van der Waals surface area (Å²) in [5.74, 6) is -1.43. The fourth-order valence-corrected chi connectivity index (χ4v) is 5.04. The number of hydrogen-bond acceptors (Lipinski definition) is 8. The molecule has 4 aliphatic heterocycles. The molecule has 0 saturated carbocycles. The van der Waals surface area contributed by atoms with Crippen LogP contribution in [-0.4, -0.2) is 73.3 Å². The lowest BCUT2D eigenvalue weighted by Gasteiger charge is -2.49. The van der Waals surface area contributed by atoms with Crippen LogP contribution in [0.2, 0.25) is 0 Å². The molecule has 164 valence electrons. The maximum absolute atomic E-state index is 11.6. The molecule has 8 heteroatoms. The average molecular weight is 420 g/mol. The molecule has 4 fully saturated rings. The number of hydrogen-bond donors (Lipinski definition) is 1. The number of carbonyl (C=O) groups is 1. The minimum atomic E-state index is -1.14. The van der Waals surface area contributed by atoms with Crippen LogP contribution in [0.15, 0.2) is 30.3 Å². The van der Waals surface area contributed by atoms with Gasteiger partial charge in [-0.05, 0) is 18.4 Å². The highest BCUT2D eigenvalue weighted by molar-refractivity contribution is 5.69. The van der Waals surface area contributed by atoms with E-state index in [1.165, 1.54) is 7.11 Å². The van der Waals surface area contributed by atoms with Crippen molar-refractivity contribution in [3.63, 3.8) is 0 Å². The molecule has 4 aliphatic rings. The second-order valence-electron chi connectivity index (χ2n) is 8.43. The summed E-state index contributed by atoms with van der Waals surface area (Å²) >= 11 is 0. The molecule has 5 rings (SSSR count). The van der Waals surface area contributed by atoms with Crippen LogP contribution in [0, 0.1) is 0 Å². The first-order valence-electron chi connectivity index (χ1n) is 10.6. The third-order valence-corrected chi connectivity index (χ3v) is 6.55. The van der Waals surface area contributed by atoms with Crippen molar-refractivity contribution in [1.82, 2.24) is 0 Å². The van der Waals surface area contributed by atoms with Gasteiger partial charge in [0, 0.05) is 6.42 Å². The molecule has 4 heterocycles. The van der Waals surface area contributed by atoms with Gasteiger partial charge in [0.25, 0.3) is 0 Å². The number of carbonyl (C=O) groups excluding carboxylic acids is 1. The Morgan fingerprint density at radius 2 is 1.87 bits per heavy atom. The van der Waals surface area contributed by atoms with Gasteiger partial charge in [-0.15, -0.1) is 0 Å². The van der Waals surface area contributed by atoms with E-state index in [9.17, 15) is 9.90 Å². The van der Waals surface area contributed by atoms with Crippen LogP contribution in [0.1, 0.15) is 31.2 Å². The molecular formula is C22H28O8. The fraction of sp³-hybridized carbons (Fsp3) is 0.682. The molecule has 1 N–H and O–H groups in total. The highest BCUT2D eigenvalue weighted by Gasteiger charge is 2.70. The van der Waals surface area contributed by atoms with Crippen LogP contribution in [-0.2, 0) is 39.8 Å². The zero-order chi connectivity index (χ0) is 20.7.